The van der Waals surface area contributed by atoms with Crippen molar-refractivity contribution in [3.63, 3.8) is 0 Å². The summed E-state index contributed by atoms with van der Waals surface area (Å²) in [5.74, 6) is 3.31. The second-order valence-electron chi connectivity index (χ2n) is 11.1. The van der Waals surface area contributed by atoms with Crippen LogP contribution in [0.25, 0.3) is 0 Å². The molecule has 0 aromatic carbocycles. The molecule has 1 aromatic heterocycles. The lowest BCUT2D eigenvalue weighted by Gasteiger charge is -2.42. The number of likely N-dealkylation sites (N-methyl/N-ethyl adjacent to an activating group) is 1. The molecule has 0 saturated carbocycles. The maximum absolute atomic E-state index is 10.8. The first-order valence-corrected chi connectivity index (χ1v) is 14.3. The Morgan fingerprint density at radius 2 is 1.37 bits per heavy atom. The first-order chi connectivity index (χ1) is 18.0. The van der Waals surface area contributed by atoms with Crippen molar-refractivity contribution in [2.24, 2.45) is 41.2 Å². The van der Waals surface area contributed by atoms with Crippen LogP contribution in [0, 0.1) is 35.5 Å². The molecule has 3 rings (SSSR count). The minimum absolute atomic E-state index is 0.00356. The minimum atomic E-state index is -0.355. The smallest absolute Gasteiger partial charge is 0.234 e. The lowest BCUT2D eigenvalue weighted by molar-refractivity contribution is -0.237. The quantitative estimate of drug-likeness (QED) is 0.447. The van der Waals surface area contributed by atoms with Gasteiger partial charge in [-0.15, -0.1) is 0 Å². The van der Waals surface area contributed by atoms with Crippen molar-refractivity contribution < 1.29 is 23.7 Å². The number of nitrogens with two attached hydrogens (primary N) is 1. The number of hydrogen-bond donors (Lipinski definition) is 3. The maximum atomic E-state index is 10.8. The van der Waals surface area contributed by atoms with E-state index in [1.165, 1.54) is 0 Å². The normalized spacial score (nSPS) is 35.8. The van der Waals surface area contributed by atoms with Crippen molar-refractivity contribution in [3.8, 4) is 0 Å². The topological polar surface area (TPSA) is 121 Å². The molecule has 0 radical (unpaired) electrons. The van der Waals surface area contributed by atoms with E-state index in [0.717, 1.165) is 18.5 Å². The summed E-state index contributed by atoms with van der Waals surface area (Å²) in [5.41, 5.74) is 6.02. The number of nitrogens with one attached hydrogen (secondary N) is 2. The lowest BCUT2D eigenvalue weighted by atomic mass is 9.78. The molecule has 4 N–H and O–H groups in total. The van der Waals surface area contributed by atoms with Crippen molar-refractivity contribution in [2.45, 2.75) is 105 Å². The number of rotatable bonds is 8. The third kappa shape index (κ3) is 9.59. The van der Waals surface area contributed by atoms with Crippen molar-refractivity contribution in [2.75, 3.05) is 21.3 Å². The predicted octanol–water partition coefficient (Wildman–Crippen LogP) is 4.38. The van der Waals surface area contributed by atoms with Crippen LogP contribution in [0.5, 0.6) is 0 Å². The van der Waals surface area contributed by atoms with E-state index in [2.05, 4.69) is 70.7 Å². The number of primary amides is 1. The Morgan fingerprint density at radius 3 is 1.66 bits per heavy atom. The fourth-order valence-corrected chi connectivity index (χ4v) is 5.41. The van der Waals surface area contributed by atoms with Gasteiger partial charge in [0.15, 0.2) is 12.6 Å². The van der Waals surface area contributed by atoms with Gasteiger partial charge in [0.25, 0.3) is 0 Å². The summed E-state index contributed by atoms with van der Waals surface area (Å²) >= 11 is 0. The first kappa shape index (κ1) is 34.5. The summed E-state index contributed by atoms with van der Waals surface area (Å²) < 4.78 is 22.4. The summed E-state index contributed by atoms with van der Waals surface area (Å²) in [6, 6.07) is -0.328. The summed E-state index contributed by atoms with van der Waals surface area (Å²) in [7, 11) is 5.17. The second-order valence-corrected chi connectivity index (χ2v) is 11.1. The molecule has 0 spiro atoms. The number of aromatic nitrogens is 2. The molecule has 0 bridgehead atoms. The van der Waals surface area contributed by atoms with Gasteiger partial charge in [0.05, 0.1) is 24.6 Å². The van der Waals surface area contributed by atoms with Crippen LogP contribution in [0.15, 0.2) is 12.5 Å². The Labute approximate surface area is 231 Å². The van der Waals surface area contributed by atoms with Gasteiger partial charge < -0.3 is 35.0 Å². The fraction of sp³-hybridized carbons (Fsp3) is 0.862. The molecule has 2 aliphatic heterocycles. The van der Waals surface area contributed by atoms with Gasteiger partial charge in [-0.25, -0.2) is 4.98 Å². The van der Waals surface area contributed by atoms with Gasteiger partial charge in [-0.3, -0.25) is 4.79 Å². The fourth-order valence-electron chi connectivity index (χ4n) is 5.41. The van der Waals surface area contributed by atoms with Gasteiger partial charge >= 0.3 is 0 Å². The largest absolute Gasteiger partial charge is 0.368 e. The molecule has 2 saturated heterocycles. The number of nitrogens with zero attached hydrogens (tertiary/aromatic N) is 1. The molecule has 222 valence electrons. The first-order valence-electron chi connectivity index (χ1n) is 14.3. The number of amides is 1. The Bertz CT molecular complexity index is 688. The van der Waals surface area contributed by atoms with Crippen LogP contribution >= 0.6 is 0 Å². The van der Waals surface area contributed by atoms with E-state index in [9.17, 15) is 4.79 Å². The molecule has 11 unspecified atom stereocenters. The van der Waals surface area contributed by atoms with Crippen LogP contribution in [0.2, 0.25) is 0 Å². The highest BCUT2D eigenvalue weighted by Gasteiger charge is 2.39. The molecule has 11 atom stereocenters. The number of H-pyrrole nitrogens is 1. The third-order valence-corrected chi connectivity index (χ3v) is 8.91. The molecule has 38 heavy (non-hydrogen) atoms. The van der Waals surface area contributed by atoms with Crippen LogP contribution < -0.4 is 11.1 Å². The number of hydrogen-bond acceptors (Lipinski definition) is 7. The monoisotopic (exact) mass is 540 g/mol. The van der Waals surface area contributed by atoms with Gasteiger partial charge in [-0.2, -0.15) is 0 Å². The van der Waals surface area contributed by atoms with Crippen molar-refractivity contribution in [1.29, 1.82) is 0 Å². The Kier molecular flexibility index (Phi) is 15.6. The molecule has 0 aliphatic carbocycles. The SMILES string of the molecule is CCC1OC(OC)C(C)C(C)C1C.CCC1OC(OC)C(C)C(C)C1C.CNC(Cc1cnc[nH]1)C(N)=O. The molecule has 1 aromatic rings. The Balaban J connectivity index is 0.000000285. The average Bonchev–Trinajstić information content (AvgIpc) is 3.43. The van der Waals surface area contributed by atoms with Gasteiger partial charge in [0, 0.05) is 44.4 Å². The summed E-state index contributed by atoms with van der Waals surface area (Å²) in [6.45, 7) is 17.9. The molecule has 1 amide bonds. The molecule has 2 aliphatic rings. The van der Waals surface area contributed by atoms with E-state index in [0.29, 0.717) is 54.1 Å². The maximum Gasteiger partial charge on any atom is 0.234 e. The standard InChI is InChI=1S/2C11H22O2.C7H12N4O/c2*1-6-10-8(3)7(2)9(4)11(12-5)13-10;1-9-6(7(8)12)2-5-3-10-4-11-5/h2*7-11H,6H2,1-5H3;3-4,6,9H,2H2,1H3,(H2,8,12)(H,10,11). The molecule has 9 heteroatoms. The lowest BCUT2D eigenvalue weighted by Crippen LogP contribution is -2.45. The van der Waals surface area contributed by atoms with Gasteiger partial charge in [0.2, 0.25) is 5.91 Å². The zero-order valence-electron chi connectivity index (χ0n) is 25.7. The van der Waals surface area contributed by atoms with Crippen molar-refractivity contribution in [1.82, 2.24) is 15.3 Å². The van der Waals surface area contributed by atoms with Gasteiger partial charge in [-0.05, 0) is 43.6 Å². The summed E-state index contributed by atoms with van der Waals surface area (Å²) in [5, 5.41) is 2.82. The van der Waals surface area contributed by atoms with E-state index < -0.39 is 0 Å². The van der Waals surface area contributed by atoms with Crippen LogP contribution in [-0.4, -0.2) is 68.0 Å². The minimum Gasteiger partial charge on any atom is -0.368 e. The van der Waals surface area contributed by atoms with Gasteiger partial charge in [-0.1, -0.05) is 55.4 Å². The van der Waals surface area contributed by atoms with Crippen LogP contribution in [0.4, 0.5) is 0 Å². The number of carbonyl (C=O) groups is 1. The van der Waals surface area contributed by atoms with Crippen LogP contribution in [0.1, 0.15) is 73.9 Å². The Hall–Kier alpha value is -1.52. The highest BCUT2D eigenvalue weighted by molar-refractivity contribution is 5.80. The highest BCUT2D eigenvalue weighted by atomic mass is 16.7. The number of carbonyl (C=O) groups excluding carboxylic acids is 1. The number of ether oxygens (including phenoxy) is 4. The van der Waals surface area contributed by atoms with E-state index >= 15 is 0 Å². The zero-order valence-corrected chi connectivity index (χ0v) is 25.7. The van der Waals surface area contributed by atoms with Crippen LogP contribution in [-0.2, 0) is 30.2 Å². The number of aromatic amines is 1. The third-order valence-electron chi connectivity index (χ3n) is 8.91. The van der Waals surface area contributed by atoms with Crippen molar-refractivity contribution in [3.05, 3.63) is 18.2 Å². The molecular formula is C29H56N4O5. The van der Waals surface area contributed by atoms with Crippen molar-refractivity contribution >= 4 is 5.91 Å². The predicted molar refractivity (Wildman–Crippen MR) is 151 cm³/mol. The van der Waals surface area contributed by atoms with E-state index in [-0.39, 0.29) is 24.5 Å². The molecular weight excluding hydrogens is 484 g/mol. The van der Waals surface area contributed by atoms with E-state index in [4.69, 9.17) is 24.7 Å². The molecule has 2 fully saturated rings. The number of imidazole rings is 1. The molecule has 3 heterocycles. The molecule has 9 nitrogen and oxygen atoms in total. The van der Waals surface area contributed by atoms with Gasteiger partial charge in [0.1, 0.15) is 0 Å². The van der Waals surface area contributed by atoms with E-state index in [1.807, 2.05) is 0 Å². The number of methoxy groups -OCH3 is 2. The zero-order chi connectivity index (χ0) is 29.0. The average molecular weight is 541 g/mol. The van der Waals surface area contributed by atoms with E-state index in [1.54, 1.807) is 33.8 Å². The summed E-state index contributed by atoms with van der Waals surface area (Å²) in [6.07, 6.45) is 6.69. The highest BCUT2D eigenvalue weighted by Crippen LogP contribution is 2.37. The second kappa shape index (κ2) is 17.2. The Morgan fingerprint density at radius 1 is 0.921 bits per heavy atom. The van der Waals surface area contributed by atoms with Crippen LogP contribution in [0.3, 0.4) is 0 Å². The summed E-state index contributed by atoms with van der Waals surface area (Å²) in [4.78, 5) is 17.5.